The molecule has 0 aliphatic heterocycles. The summed E-state index contributed by atoms with van der Waals surface area (Å²) in [6, 6.07) is 14.9. The minimum absolute atomic E-state index is 1.32. The van der Waals surface area contributed by atoms with E-state index in [1.807, 2.05) is 0 Å². The van der Waals surface area contributed by atoms with E-state index in [4.69, 9.17) is 0 Å². The summed E-state index contributed by atoms with van der Waals surface area (Å²) in [6.45, 7) is 2.12. The summed E-state index contributed by atoms with van der Waals surface area (Å²) in [6.07, 6.45) is 1.69. The topological polar surface area (TPSA) is 0 Å². The highest BCUT2D eigenvalue weighted by Gasteiger charge is 1.89. The lowest BCUT2D eigenvalue weighted by atomic mass is 10.1. The molecule has 0 fully saturated rings. The highest BCUT2D eigenvalue weighted by atomic mass is 32.1. The van der Waals surface area contributed by atoms with Gasteiger partial charge in [0.2, 0.25) is 0 Å². The molecule has 1 heteroatoms. The van der Waals surface area contributed by atoms with Crippen LogP contribution in [0.4, 0.5) is 0 Å². The number of hydrogen-bond donors (Lipinski definition) is 1. The Kier molecular flexibility index (Phi) is 3.84. The molecule has 0 atom stereocenters. The lowest BCUT2D eigenvalue weighted by Crippen LogP contribution is -1.73. The third-order valence-electron chi connectivity index (χ3n) is 1.90. The van der Waals surface area contributed by atoms with Crippen molar-refractivity contribution in [2.75, 3.05) is 6.26 Å². The molecule has 0 saturated heterocycles. The molecule has 0 N–H and O–H groups in total. The third-order valence-corrected chi connectivity index (χ3v) is 1.90. The average Bonchev–Trinajstić information content (AvgIpc) is 2.21. The normalized spacial score (nSPS) is 9.15. The molecule has 13 heavy (non-hydrogen) atoms. The van der Waals surface area contributed by atoms with Gasteiger partial charge in [-0.1, -0.05) is 48.0 Å². The van der Waals surface area contributed by atoms with E-state index in [2.05, 4.69) is 62.0 Å². The van der Waals surface area contributed by atoms with Crippen LogP contribution >= 0.6 is 12.6 Å². The summed E-state index contributed by atoms with van der Waals surface area (Å²) in [4.78, 5) is 0. The maximum Gasteiger partial charge on any atom is -0.0181 e. The van der Waals surface area contributed by atoms with Crippen molar-refractivity contribution in [1.29, 1.82) is 0 Å². The number of rotatable bonds is 0. The smallest absolute Gasteiger partial charge is 0.0181 e. The van der Waals surface area contributed by atoms with E-state index in [0.717, 1.165) is 0 Å². The van der Waals surface area contributed by atoms with Crippen molar-refractivity contribution in [3.8, 4) is 0 Å². The Balaban J connectivity index is 0.000000396. The van der Waals surface area contributed by atoms with Crippen LogP contribution in [0.5, 0.6) is 0 Å². The Morgan fingerprint density at radius 3 is 2.15 bits per heavy atom. The largest absolute Gasteiger partial charge is 0.183 e. The van der Waals surface area contributed by atoms with Crippen LogP contribution in [0, 0.1) is 6.92 Å². The Morgan fingerprint density at radius 2 is 1.46 bits per heavy atom. The number of aryl methyl sites for hydroxylation is 1. The Morgan fingerprint density at radius 1 is 0.846 bits per heavy atom. The van der Waals surface area contributed by atoms with Crippen molar-refractivity contribution >= 4 is 23.4 Å². The van der Waals surface area contributed by atoms with Crippen LogP contribution < -0.4 is 0 Å². The van der Waals surface area contributed by atoms with Gasteiger partial charge >= 0.3 is 0 Å². The zero-order valence-electron chi connectivity index (χ0n) is 7.99. The van der Waals surface area contributed by atoms with Gasteiger partial charge in [-0.3, -0.25) is 0 Å². The van der Waals surface area contributed by atoms with Crippen molar-refractivity contribution in [3.63, 3.8) is 0 Å². The van der Waals surface area contributed by atoms with Gasteiger partial charge in [-0.25, -0.2) is 0 Å². The van der Waals surface area contributed by atoms with E-state index < -0.39 is 0 Å². The maximum atomic E-state index is 3.53. The SMILES string of the molecule is CS.Cc1ccc2ccccc2c1. The Hall–Kier alpha value is -0.950. The highest BCUT2D eigenvalue weighted by molar-refractivity contribution is 7.79. The van der Waals surface area contributed by atoms with Crippen LogP contribution in [0.2, 0.25) is 0 Å². The van der Waals surface area contributed by atoms with Crippen LogP contribution in [0.3, 0.4) is 0 Å². The van der Waals surface area contributed by atoms with Gasteiger partial charge in [0.15, 0.2) is 0 Å². The predicted octanol–water partition coefficient (Wildman–Crippen LogP) is 3.69. The number of hydrogen-bond acceptors (Lipinski definition) is 1. The molecule has 0 spiro atoms. The van der Waals surface area contributed by atoms with Gasteiger partial charge in [-0.15, -0.1) is 0 Å². The molecular formula is C12H14S. The van der Waals surface area contributed by atoms with Crippen molar-refractivity contribution in [1.82, 2.24) is 0 Å². The molecule has 0 unspecified atom stereocenters. The van der Waals surface area contributed by atoms with Crippen LogP contribution in [-0.2, 0) is 0 Å². The second kappa shape index (κ2) is 4.93. The van der Waals surface area contributed by atoms with E-state index in [1.165, 1.54) is 16.3 Å². The van der Waals surface area contributed by atoms with Gasteiger partial charge in [0.25, 0.3) is 0 Å². The fourth-order valence-electron chi connectivity index (χ4n) is 1.31. The second-order valence-electron chi connectivity index (χ2n) is 2.85. The minimum Gasteiger partial charge on any atom is -0.183 e. The number of benzene rings is 2. The molecule has 0 heterocycles. The minimum atomic E-state index is 1.32. The lowest BCUT2D eigenvalue weighted by Gasteiger charge is -1.96. The number of thiol groups is 1. The maximum absolute atomic E-state index is 3.53. The van der Waals surface area contributed by atoms with Gasteiger partial charge < -0.3 is 0 Å². The summed E-state index contributed by atoms with van der Waals surface area (Å²) in [5.74, 6) is 0. The molecule has 0 nitrogen and oxygen atoms in total. The molecule has 0 aromatic heterocycles. The fourth-order valence-corrected chi connectivity index (χ4v) is 1.31. The van der Waals surface area contributed by atoms with E-state index in [0.29, 0.717) is 0 Å². The molecule has 0 radical (unpaired) electrons. The van der Waals surface area contributed by atoms with Gasteiger partial charge in [0, 0.05) is 0 Å². The van der Waals surface area contributed by atoms with Crippen molar-refractivity contribution in [3.05, 3.63) is 48.0 Å². The molecule has 2 rings (SSSR count). The first-order valence-electron chi connectivity index (χ1n) is 4.26. The average molecular weight is 190 g/mol. The van der Waals surface area contributed by atoms with Gasteiger partial charge in [-0.2, -0.15) is 12.6 Å². The molecule has 2 aromatic rings. The van der Waals surface area contributed by atoms with Gasteiger partial charge in [0.1, 0.15) is 0 Å². The first kappa shape index (κ1) is 10.1. The van der Waals surface area contributed by atoms with Gasteiger partial charge in [-0.05, 0) is 24.0 Å². The monoisotopic (exact) mass is 190 g/mol. The summed E-state index contributed by atoms with van der Waals surface area (Å²) in [7, 11) is 0. The summed E-state index contributed by atoms with van der Waals surface area (Å²) in [5, 5.41) is 2.64. The van der Waals surface area contributed by atoms with E-state index in [-0.39, 0.29) is 0 Å². The standard InChI is InChI=1S/C11H10.CH4S/c1-9-6-7-10-4-2-3-5-11(10)8-9;1-2/h2-8H,1H3;2H,1H3. The summed E-state index contributed by atoms with van der Waals surface area (Å²) < 4.78 is 0. The molecule has 0 amide bonds. The first-order valence-corrected chi connectivity index (χ1v) is 5.16. The molecule has 68 valence electrons. The summed E-state index contributed by atoms with van der Waals surface area (Å²) in [5.41, 5.74) is 1.32. The first-order chi connectivity index (χ1) is 6.36. The second-order valence-corrected chi connectivity index (χ2v) is 2.85. The molecule has 0 saturated carbocycles. The van der Waals surface area contributed by atoms with Crippen molar-refractivity contribution in [2.45, 2.75) is 6.92 Å². The van der Waals surface area contributed by atoms with E-state index in [1.54, 1.807) is 6.26 Å². The molecular weight excluding hydrogens is 176 g/mol. The Labute approximate surface area is 85.0 Å². The van der Waals surface area contributed by atoms with Gasteiger partial charge in [0.05, 0.1) is 0 Å². The zero-order valence-corrected chi connectivity index (χ0v) is 8.88. The lowest BCUT2D eigenvalue weighted by molar-refractivity contribution is 1.51. The quantitative estimate of drug-likeness (QED) is 0.602. The predicted molar refractivity (Wildman–Crippen MR) is 63.6 cm³/mol. The van der Waals surface area contributed by atoms with Crippen molar-refractivity contribution < 1.29 is 0 Å². The molecule has 0 aliphatic rings. The highest BCUT2D eigenvalue weighted by Crippen LogP contribution is 2.14. The van der Waals surface area contributed by atoms with E-state index >= 15 is 0 Å². The van der Waals surface area contributed by atoms with Crippen LogP contribution in [0.15, 0.2) is 42.5 Å². The van der Waals surface area contributed by atoms with Crippen LogP contribution in [0.25, 0.3) is 10.8 Å². The van der Waals surface area contributed by atoms with Crippen LogP contribution in [0.1, 0.15) is 5.56 Å². The molecule has 0 aliphatic carbocycles. The summed E-state index contributed by atoms with van der Waals surface area (Å²) >= 11 is 3.53. The fraction of sp³-hybridized carbons (Fsp3) is 0.167. The molecule has 2 aromatic carbocycles. The van der Waals surface area contributed by atoms with Crippen LogP contribution in [-0.4, -0.2) is 6.26 Å². The zero-order chi connectivity index (χ0) is 9.68. The Bertz CT molecular complexity index is 380. The van der Waals surface area contributed by atoms with E-state index in [9.17, 15) is 0 Å². The molecule has 0 bridgehead atoms. The van der Waals surface area contributed by atoms with Crippen molar-refractivity contribution in [2.24, 2.45) is 0 Å². The third kappa shape index (κ3) is 2.49. The number of fused-ring (bicyclic) bond motifs is 1.